The van der Waals surface area contributed by atoms with Gasteiger partial charge in [-0.3, -0.25) is 14.6 Å². The minimum Gasteiger partial charge on any atom is -0.404 e. The highest BCUT2D eigenvalue weighted by Crippen LogP contribution is 2.33. The van der Waals surface area contributed by atoms with Gasteiger partial charge in [-0.15, -0.1) is 0 Å². The molecular formula is C30H34F2N6O2. The number of nitrogens with zero attached hydrogens (tertiary/aromatic N) is 3. The molecule has 0 bridgehead atoms. The highest BCUT2D eigenvalue weighted by molar-refractivity contribution is 6.12. The van der Waals surface area contributed by atoms with Gasteiger partial charge in [-0.1, -0.05) is 31.2 Å². The number of amides is 2. The zero-order valence-corrected chi connectivity index (χ0v) is 22.9. The standard InChI is InChI=1S/C30H34F2N6O2/c1-18-10-25-24(8-9-36-28(25)34)20(3)26(18)15-37-29(40)23(12-33)14-35-13-22-6-4-21(5-7-22)11-27(39)38-16-19(2)30(31,32)17-38/h4-10,12,14,19H,11,13,15-17,33H2,1-3H3,(H2,34,36)(H,37,40)/b23-12+,35-14?. The van der Waals surface area contributed by atoms with Crippen molar-refractivity contribution in [2.45, 2.75) is 46.2 Å². The minimum absolute atomic E-state index is 0.0625. The molecule has 40 heavy (non-hydrogen) atoms. The average Bonchev–Trinajstić information content (AvgIpc) is 3.20. The summed E-state index contributed by atoms with van der Waals surface area (Å²) in [6.07, 6.45) is 4.36. The number of hydrogen-bond acceptors (Lipinski definition) is 6. The first-order chi connectivity index (χ1) is 19.0. The molecule has 4 rings (SSSR count). The van der Waals surface area contributed by atoms with Crippen molar-refractivity contribution in [3.05, 3.63) is 82.2 Å². The molecule has 1 aliphatic rings. The van der Waals surface area contributed by atoms with Gasteiger partial charge in [-0.25, -0.2) is 13.8 Å². The van der Waals surface area contributed by atoms with E-state index < -0.39 is 18.4 Å². The van der Waals surface area contributed by atoms with Gasteiger partial charge in [-0.2, -0.15) is 0 Å². The number of likely N-dealkylation sites (tertiary alicyclic amines) is 1. The molecule has 2 heterocycles. The van der Waals surface area contributed by atoms with Crippen molar-refractivity contribution in [1.82, 2.24) is 15.2 Å². The first-order valence-corrected chi connectivity index (χ1v) is 13.1. The van der Waals surface area contributed by atoms with Gasteiger partial charge in [0.2, 0.25) is 5.91 Å². The fraction of sp³-hybridized carbons (Fsp3) is 0.333. The number of rotatable bonds is 8. The smallest absolute Gasteiger partial charge is 0.269 e. The summed E-state index contributed by atoms with van der Waals surface area (Å²) in [6, 6.07) is 11.1. The molecule has 8 nitrogen and oxygen atoms in total. The van der Waals surface area contributed by atoms with Crippen LogP contribution in [-0.2, 0) is 29.1 Å². The van der Waals surface area contributed by atoms with Crippen molar-refractivity contribution in [2.75, 3.05) is 18.8 Å². The second-order valence-corrected chi connectivity index (χ2v) is 10.3. The Morgan fingerprint density at radius 3 is 2.52 bits per heavy atom. The second-order valence-electron chi connectivity index (χ2n) is 10.3. The highest BCUT2D eigenvalue weighted by Gasteiger charge is 2.46. The Bertz CT molecular complexity index is 1480. The monoisotopic (exact) mass is 548 g/mol. The van der Waals surface area contributed by atoms with Crippen molar-refractivity contribution < 1.29 is 18.4 Å². The van der Waals surface area contributed by atoms with E-state index in [9.17, 15) is 18.4 Å². The van der Waals surface area contributed by atoms with Gasteiger partial charge < -0.3 is 21.7 Å². The number of hydrogen-bond donors (Lipinski definition) is 3. The summed E-state index contributed by atoms with van der Waals surface area (Å²) in [5.41, 5.74) is 16.6. The van der Waals surface area contributed by atoms with Crippen LogP contribution in [0.25, 0.3) is 10.8 Å². The number of nitrogens with one attached hydrogen (secondary N) is 1. The maximum Gasteiger partial charge on any atom is 0.269 e. The summed E-state index contributed by atoms with van der Waals surface area (Å²) in [5.74, 6) is -3.87. The lowest BCUT2D eigenvalue weighted by molar-refractivity contribution is -0.131. The maximum atomic E-state index is 13.8. The number of fused-ring (bicyclic) bond motifs is 1. The average molecular weight is 549 g/mol. The number of aromatic nitrogens is 1. The first-order valence-electron chi connectivity index (χ1n) is 13.1. The van der Waals surface area contributed by atoms with Crippen LogP contribution in [0.15, 0.2) is 59.4 Å². The van der Waals surface area contributed by atoms with Gasteiger partial charge in [0.15, 0.2) is 0 Å². The second kappa shape index (κ2) is 11.8. The third kappa shape index (κ3) is 6.27. The Morgan fingerprint density at radius 1 is 1.18 bits per heavy atom. The number of pyridine rings is 1. The SMILES string of the molecule is Cc1cc2c(N)nccc2c(C)c1CNC(=O)/C(C=NCc1ccc(CC(=O)N2CC(C)C(F)(F)C2)cc1)=C/N. The van der Waals surface area contributed by atoms with Gasteiger partial charge in [0.1, 0.15) is 5.82 Å². The Labute approximate surface area is 232 Å². The molecule has 1 unspecified atom stereocenters. The van der Waals surface area contributed by atoms with Crippen molar-refractivity contribution in [3.63, 3.8) is 0 Å². The van der Waals surface area contributed by atoms with Gasteiger partial charge in [0.05, 0.1) is 25.1 Å². The molecule has 0 aliphatic carbocycles. The summed E-state index contributed by atoms with van der Waals surface area (Å²) < 4.78 is 27.5. The van der Waals surface area contributed by atoms with Crippen LogP contribution in [0.4, 0.5) is 14.6 Å². The van der Waals surface area contributed by atoms with Crippen LogP contribution in [-0.4, -0.2) is 46.9 Å². The Hall–Kier alpha value is -4.34. The van der Waals surface area contributed by atoms with E-state index in [0.717, 1.165) is 38.6 Å². The molecule has 3 aromatic rings. The Morgan fingerprint density at radius 2 is 1.88 bits per heavy atom. The van der Waals surface area contributed by atoms with Gasteiger partial charge in [0, 0.05) is 43.0 Å². The first kappa shape index (κ1) is 28.7. The lowest BCUT2D eigenvalue weighted by Gasteiger charge is -2.16. The van der Waals surface area contributed by atoms with E-state index in [-0.39, 0.29) is 30.4 Å². The summed E-state index contributed by atoms with van der Waals surface area (Å²) in [6.45, 7) is 5.56. The van der Waals surface area contributed by atoms with E-state index in [0.29, 0.717) is 18.9 Å². The van der Waals surface area contributed by atoms with Crippen LogP contribution in [0.3, 0.4) is 0 Å². The number of carbonyl (C=O) groups is 2. The third-order valence-electron chi connectivity index (χ3n) is 7.43. The number of carbonyl (C=O) groups excluding carboxylic acids is 2. The van der Waals surface area contributed by atoms with Crippen LogP contribution < -0.4 is 16.8 Å². The molecule has 0 saturated carbocycles. The van der Waals surface area contributed by atoms with Crippen molar-refractivity contribution in [2.24, 2.45) is 16.6 Å². The van der Waals surface area contributed by atoms with Crippen LogP contribution >= 0.6 is 0 Å². The van der Waals surface area contributed by atoms with E-state index in [1.165, 1.54) is 24.2 Å². The molecule has 210 valence electrons. The zero-order valence-electron chi connectivity index (χ0n) is 22.9. The molecular weight excluding hydrogens is 514 g/mol. The summed E-state index contributed by atoms with van der Waals surface area (Å²) in [5, 5.41) is 4.78. The molecule has 1 atom stereocenters. The van der Waals surface area contributed by atoms with E-state index >= 15 is 0 Å². The van der Waals surface area contributed by atoms with E-state index in [4.69, 9.17) is 11.5 Å². The van der Waals surface area contributed by atoms with Gasteiger partial charge >= 0.3 is 0 Å². The number of nitrogens with two attached hydrogens (primary N) is 2. The number of benzene rings is 2. The lowest BCUT2D eigenvalue weighted by Crippen LogP contribution is -2.32. The fourth-order valence-electron chi connectivity index (χ4n) is 4.88. The molecule has 2 aromatic carbocycles. The number of anilines is 1. The third-order valence-corrected chi connectivity index (χ3v) is 7.43. The Kier molecular flexibility index (Phi) is 8.46. The molecule has 1 fully saturated rings. The van der Waals surface area contributed by atoms with Gasteiger partial charge in [0.25, 0.3) is 11.8 Å². The summed E-state index contributed by atoms with van der Waals surface area (Å²) >= 11 is 0. The molecule has 10 heteroatoms. The quantitative estimate of drug-likeness (QED) is 0.291. The fourth-order valence-corrected chi connectivity index (χ4v) is 4.88. The topological polar surface area (TPSA) is 127 Å². The zero-order chi connectivity index (χ0) is 29.0. The number of nitrogen functional groups attached to an aromatic ring is 1. The van der Waals surface area contributed by atoms with E-state index in [2.05, 4.69) is 15.3 Å². The van der Waals surface area contributed by atoms with E-state index in [1.54, 1.807) is 18.3 Å². The van der Waals surface area contributed by atoms with Crippen LogP contribution in [0.2, 0.25) is 0 Å². The number of halogens is 2. The van der Waals surface area contributed by atoms with Crippen molar-refractivity contribution >= 4 is 34.6 Å². The van der Waals surface area contributed by atoms with Crippen LogP contribution in [0, 0.1) is 19.8 Å². The Balaban J connectivity index is 1.31. The summed E-state index contributed by atoms with van der Waals surface area (Å²) in [4.78, 5) is 34.9. The van der Waals surface area contributed by atoms with Crippen molar-refractivity contribution in [3.8, 4) is 0 Å². The number of aliphatic imine (C=N–C) groups is 1. The maximum absolute atomic E-state index is 13.8. The molecule has 1 aliphatic heterocycles. The largest absolute Gasteiger partial charge is 0.404 e. The van der Waals surface area contributed by atoms with Gasteiger partial charge in [-0.05, 0) is 59.2 Å². The minimum atomic E-state index is -2.84. The predicted octanol–water partition coefficient (Wildman–Crippen LogP) is 3.82. The molecule has 0 spiro atoms. The van der Waals surface area contributed by atoms with Crippen molar-refractivity contribution in [1.29, 1.82) is 0 Å². The lowest BCUT2D eigenvalue weighted by atomic mass is 9.96. The van der Waals surface area contributed by atoms with E-state index in [1.807, 2.05) is 38.1 Å². The highest BCUT2D eigenvalue weighted by atomic mass is 19.3. The van der Waals surface area contributed by atoms with Crippen LogP contribution in [0.1, 0.15) is 34.7 Å². The molecule has 5 N–H and O–H groups in total. The summed E-state index contributed by atoms with van der Waals surface area (Å²) in [7, 11) is 0. The number of alkyl halides is 2. The molecule has 1 saturated heterocycles. The number of aryl methyl sites for hydroxylation is 2. The normalized spacial score (nSPS) is 17.1. The predicted molar refractivity (Wildman–Crippen MR) is 153 cm³/mol. The molecule has 2 amide bonds. The molecule has 1 aromatic heterocycles. The molecule has 0 radical (unpaired) electrons. The van der Waals surface area contributed by atoms with Crippen LogP contribution in [0.5, 0.6) is 0 Å².